The van der Waals surface area contributed by atoms with E-state index in [9.17, 15) is 0 Å². The van der Waals surface area contributed by atoms with Crippen LogP contribution in [0.25, 0.3) is 0 Å². The van der Waals surface area contributed by atoms with E-state index in [1.165, 1.54) is 43.6 Å². The Balaban J connectivity index is 1.67. The molecule has 3 rings (SSSR count). The van der Waals surface area contributed by atoms with Crippen LogP contribution >= 0.6 is 23.2 Å². The summed E-state index contributed by atoms with van der Waals surface area (Å²) in [7, 11) is 0. The maximum atomic E-state index is 6.29. The molecule has 1 fully saturated rings. The molecule has 1 N–H and O–H groups in total. The topological polar surface area (TPSA) is 15.3 Å². The molecule has 0 bridgehead atoms. The Morgan fingerprint density at radius 3 is 3.00 bits per heavy atom. The Morgan fingerprint density at radius 2 is 2.21 bits per heavy atom. The summed E-state index contributed by atoms with van der Waals surface area (Å²) in [6.07, 6.45) is 3.70. The van der Waals surface area contributed by atoms with E-state index in [-0.39, 0.29) is 0 Å². The number of halogens is 2. The number of fused-ring (bicyclic) bond motifs is 1. The molecule has 2 aliphatic heterocycles. The molecular formula is C15H20Cl2N2. The molecule has 1 atom stereocenters. The monoisotopic (exact) mass is 298 g/mol. The summed E-state index contributed by atoms with van der Waals surface area (Å²) in [5, 5.41) is 4.94. The number of nitrogens with zero attached hydrogens (tertiary/aromatic N) is 1. The molecule has 1 unspecified atom stereocenters. The highest BCUT2D eigenvalue weighted by Gasteiger charge is 2.22. The molecule has 0 amide bonds. The van der Waals surface area contributed by atoms with E-state index in [0.29, 0.717) is 5.02 Å². The summed E-state index contributed by atoms with van der Waals surface area (Å²) in [4.78, 5) is 2.56. The highest BCUT2D eigenvalue weighted by Crippen LogP contribution is 2.32. The molecule has 2 nitrogen and oxygen atoms in total. The van der Waals surface area contributed by atoms with Gasteiger partial charge in [-0.25, -0.2) is 0 Å². The quantitative estimate of drug-likeness (QED) is 0.901. The first-order valence-corrected chi connectivity index (χ1v) is 7.88. The third-order valence-electron chi connectivity index (χ3n) is 4.28. The Labute approximate surface area is 125 Å². The van der Waals surface area contributed by atoms with Crippen molar-refractivity contribution >= 4 is 23.2 Å². The molecule has 19 heavy (non-hydrogen) atoms. The summed E-state index contributed by atoms with van der Waals surface area (Å²) < 4.78 is 0. The first-order chi connectivity index (χ1) is 9.24. The zero-order valence-corrected chi connectivity index (χ0v) is 12.6. The molecule has 1 saturated heterocycles. The molecule has 1 aromatic rings. The van der Waals surface area contributed by atoms with E-state index in [0.717, 1.165) is 30.5 Å². The SMILES string of the molecule is Clc1ccc2c(c1Cl)CCN(CC1CCCNC1)C2. The van der Waals surface area contributed by atoms with Gasteiger partial charge in [-0.05, 0) is 55.5 Å². The normalized spacial score (nSPS) is 24.2. The molecule has 0 aromatic heterocycles. The fourth-order valence-electron chi connectivity index (χ4n) is 3.24. The smallest absolute Gasteiger partial charge is 0.0628 e. The minimum atomic E-state index is 0.686. The molecule has 1 aromatic carbocycles. The molecule has 4 heteroatoms. The average Bonchev–Trinajstić information content (AvgIpc) is 2.44. The predicted octanol–water partition coefficient (Wildman–Crippen LogP) is 3.35. The standard InChI is InChI=1S/C15H20Cl2N2/c16-14-4-3-12-10-19(7-5-13(12)15(14)17)9-11-2-1-6-18-8-11/h3-4,11,18H,1-2,5-10H2. The fourth-order valence-corrected chi connectivity index (χ4v) is 3.70. The van der Waals surface area contributed by atoms with Gasteiger partial charge in [0, 0.05) is 19.6 Å². The van der Waals surface area contributed by atoms with Crippen molar-refractivity contribution in [2.45, 2.75) is 25.8 Å². The fraction of sp³-hybridized carbons (Fsp3) is 0.600. The van der Waals surface area contributed by atoms with E-state index in [2.05, 4.69) is 16.3 Å². The number of benzene rings is 1. The second-order valence-corrected chi connectivity index (χ2v) is 6.48. The van der Waals surface area contributed by atoms with Crippen molar-refractivity contribution in [1.29, 1.82) is 0 Å². The molecule has 2 heterocycles. The largest absolute Gasteiger partial charge is 0.316 e. The predicted molar refractivity (Wildman–Crippen MR) is 81.0 cm³/mol. The average molecular weight is 299 g/mol. The van der Waals surface area contributed by atoms with Gasteiger partial charge in [0.2, 0.25) is 0 Å². The van der Waals surface area contributed by atoms with Gasteiger partial charge in [-0.2, -0.15) is 0 Å². The highest BCUT2D eigenvalue weighted by atomic mass is 35.5. The van der Waals surface area contributed by atoms with E-state index in [1.54, 1.807) is 0 Å². The molecule has 2 aliphatic rings. The van der Waals surface area contributed by atoms with Crippen LogP contribution in [0.4, 0.5) is 0 Å². The van der Waals surface area contributed by atoms with E-state index >= 15 is 0 Å². The van der Waals surface area contributed by atoms with Crippen LogP contribution in [0.15, 0.2) is 12.1 Å². The zero-order chi connectivity index (χ0) is 13.2. The lowest BCUT2D eigenvalue weighted by molar-refractivity contribution is 0.194. The lowest BCUT2D eigenvalue weighted by Gasteiger charge is -2.34. The summed E-state index contributed by atoms with van der Waals surface area (Å²) in [6, 6.07) is 4.06. The van der Waals surface area contributed by atoms with Crippen LogP contribution < -0.4 is 5.32 Å². The summed E-state index contributed by atoms with van der Waals surface area (Å²) in [5.41, 5.74) is 2.61. The Hall–Kier alpha value is -0.280. The Bertz CT molecular complexity index is 456. The zero-order valence-electron chi connectivity index (χ0n) is 11.1. The maximum Gasteiger partial charge on any atom is 0.0628 e. The Kier molecular flexibility index (Phi) is 4.33. The first-order valence-electron chi connectivity index (χ1n) is 7.13. The lowest BCUT2D eigenvalue weighted by atomic mass is 9.95. The second kappa shape index (κ2) is 6.01. The van der Waals surface area contributed by atoms with Crippen LogP contribution in [0.5, 0.6) is 0 Å². The van der Waals surface area contributed by atoms with Crippen molar-refractivity contribution in [3.63, 3.8) is 0 Å². The Morgan fingerprint density at radius 1 is 1.32 bits per heavy atom. The van der Waals surface area contributed by atoms with Crippen molar-refractivity contribution in [2.75, 3.05) is 26.2 Å². The first kappa shape index (κ1) is 13.7. The van der Waals surface area contributed by atoms with Crippen molar-refractivity contribution in [3.05, 3.63) is 33.3 Å². The molecule has 0 radical (unpaired) electrons. The van der Waals surface area contributed by atoms with Crippen LogP contribution in [-0.2, 0) is 13.0 Å². The highest BCUT2D eigenvalue weighted by molar-refractivity contribution is 6.42. The number of piperidine rings is 1. The third kappa shape index (κ3) is 3.08. The van der Waals surface area contributed by atoms with Crippen molar-refractivity contribution in [1.82, 2.24) is 10.2 Å². The molecule has 104 valence electrons. The number of hydrogen-bond acceptors (Lipinski definition) is 2. The van der Waals surface area contributed by atoms with Gasteiger partial charge in [-0.1, -0.05) is 29.3 Å². The van der Waals surface area contributed by atoms with Gasteiger partial charge >= 0.3 is 0 Å². The van der Waals surface area contributed by atoms with Gasteiger partial charge in [0.25, 0.3) is 0 Å². The van der Waals surface area contributed by atoms with Crippen LogP contribution in [-0.4, -0.2) is 31.1 Å². The van der Waals surface area contributed by atoms with Crippen LogP contribution in [0.2, 0.25) is 10.0 Å². The van der Waals surface area contributed by atoms with Crippen molar-refractivity contribution < 1.29 is 0 Å². The van der Waals surface area contributed by atoms with Crippen LogP contribution in [0, 0.1) is 5.92 Å². The van der Waals surface area contributed by atoms with Gasteiger partial charge in [-0.15, -0.1) is 0 Å². The van der Waals surface area contributed by atoms with Crippen molar-refractivity contribution in [2.24, 2.45) is 5.92 Å². The number of nitrogens with one attached hydrogen (secondary N) is 1. The molecule has 0 saturated carbocycles. The van der Waals surface area contributed by atoms with Gasteiger partial charge in [-0.3, -0.25) is 4.90 Å². The molecule has 0 spiro atoms. The van der Waals surface area contributed by atoms with E-state index < -0.39 is 0 Å². The van der Waals surface area contributed by atoms with Crippen LogP contribution in [0.3, 0.4) is 0 Å². The van der Waals surface area contributed by atoms with E-state index in [1.807, 2.05) is 6.07 Å². The number of rotatable bonds is 2. The van der Waals surface area contributed by atoms with Crippen molar-refractivity contribution in [3.8, 4) is 0 Å². The van der Waals surface area contributed by atoms with Gasteiger partial charge < -0.3 is 5.32 Å². The maximum absolute atomic E-state index is 6.29. The van der Waals surface area contributed by atoms with Gasteiger partial charge in [0.05, 0.1) is 10.0 Å². The second-order valence-electron chi connectivity index (χ2n) is 5.70. The molecular weight excluding hydrogens is 279 g/mol. The number of hydrogen-bond donors (Lipinski definition) is 1. The lowest BCUT2D eigenvalue weighted by Crippen LogP contribution is -2.40. The third-order valence-corrected chi connectivity index (χ3v) is 5.12. The van der Waals surface area contributed by atoms with Gasteiger partial charge in [0.1, 0.15) is 0 Å². The minimum absolute atomic E-state index is 0.686. The summed E-state index contributed by atoms with van der Waals surface area (Å²) in [5.74, 6) is 0.804. The van der Waals surface area contributed by atoms with Gasteiger partial charge in [0.15, 0.2) is 0 Å². The minimum Gasteiger partial charge on any atom is -0.316 e. The summed E-state index contributed by atoms with van der Waals surface area (Å²) in [6.45, 7) is 5.68. The summed E-state index contributed by atoms with van der Waals surface area (Å²) >= 11 is 12.4. The van der Waals surface area contributed by atoms with E-state index in [4.69, 9.17) is 23.2 Å². The molecule has 0 aliphatic carbocycles. The van der Waals surface area contributed by atoms with Crippen LogP contribution in [0.1, 0.15) is 24.0 Å².